The summed E-state index contributed by atoms with van der Waals surface area (Å²) in [6.07, 6.45) is 95.9. The minimum atomic E-state index is -5.02. The maximum absolute atomic E-state index is 13.1. The van der Waals surface area contributed by atoms with Crippen LogP contribution in [0, 0.1) is 0 Å². The SMILES string of the molecule is CC/C=C\C/C=C\C/C=C\C/C=C\C/C=C\CCCCCC(=O)O[C@H](COC(=O)CCCCCCC/C=C\C/C=C\CCCCC)COP(=O)(O)OC[C@H](O)COP(=O)(O)OC[C@@H](COC(=O)CCC/C=C\C/C=C\C/C=C\C/C=C\CCCCC)OC(=O)CCC/C=C\C/C=C\C/C=C\C/C=C\CCCCC. The summed E-state index contributed by atoms with van der Waals surface area (Å²) in [4.78, 5) is 73.1. The number of phosphoric ester groups is 2. The van der Waals surface area contributed by atoms with E-state index < -0.39 is 97.5 Å². The Morgan fingerprint density at radius 1 is 0.269 bits per heavy atom. The summed E-state index contributed by atoms with van der Waals surface area (Å²) >= 11 is 0. The maximum atomic E-state index is 13.1. The van der Waals surface area contributed by atoms with Gasteiger partial charge in [0.1, 0.15) is 19.3 Å². The highest BCUT2D eigenvalue weighted by Gasteiger charge is 2.30. The summed E-state index contributed by atoms with van der Waals surface area (Å²) in [5, 5.41) is 10.7. The number of carbonyl (C=O) groups excluding carboxylic acids is 4. The number of allylic oxidation sites excluding steroid dienone is 30. The van der Waals surface area contributed by atoms with E-state index in [1.165, 1.54) is 57.8 Å². The fourth-order valence-corrected chi connectivity index (χ4v) is 11.7. The van der Waals surface area contributed by atoms with Gasteiger partial charge in [-0.3, -0.25) is 37.3 Å². The van der Waals surface area contributed by atoms with Crippen LogP contribution in [-0.4, -0.2) is 96.7 Å². The van der Waals surface area contributed by atoms with Gasteiger partial charge in [0.15, 0.2) is 12.2 Å². The van der Waals surface area contributed by atoms with Crippen LogP contribution in [0.4, 0.5) is 0 Å². The number of aliphatic hydroxyl groups is 1. The molecule has 0 aliphatic rings. The molecule has 0 saturated heterocycles. The molecule has 0 bridgehead atoms. The van der Waals surface area contributed by atoms with Crippen molar-refractivity contribution in [3.05, 3.63) is 182 Å². The lowest BCUT2D eigenvalue weighted by atomic mass is 10.1. The monoisotopic (exact) mass is 1550 g/mol. The summed E-state index contributed by atoms with van der Waals surface area (Å²) in [6.45, 7) is 4.48. The molecule has 2 unspecified atom stereocenters. The molecule has 0 aliphatic heterocycles. The topological polar surface area (TPSA) is 237 Å². The van der Waals surface area contributed by atoms with Gasteiger partial charge >= 0.3 is 39.5 Å². The van der Waals surface area contributed by atoms with Crippen molar-refractivity contribution in [1.82, 2.24) is 0 Å². The second-order valence-corrected chi connectivity index (χ2v) is 29.5. The molecule has 0 heterocycles. The number of hydrogen-bond acceptors (Lipinski definition) is 15. The number of carbonyl (C=O) groups is 4. The molecule has 19 heteroatoms. The Morgan fingerprint density at radius 2 is 0.491 bits per heavy atom. The average Bonchev–Trinajstić information content (AvgIpc) is 0.907. The standard InChI is InChI=1S/C89H144O17P2/c1-5-9-13-17-21-25-29-33-37-40-41-44-48-52-56-60-64-68-72-76-89(94)106-84(79-99-86(91)73-69-65-61-57-53-49-45-36-32-28-24-20-16-12-8-4)81-103-107(95,96)101-77-83(90)78-102-108(97,98)104-82-85(105-88(93)75-71-67-63-59-55-51-47-43-39-35-31-27-23-19-15-11-7-3)80-100-87(92)74-70-66-62-58-54-50-46-42-38-34-30-26-22-18-14-10-6-2/h9,13,21-28,33-39,41,44-47,50-52,56,58-59,62-63,83-85,90H,5-8,10-12,14-20,29-32,40,42-43,48-49,53-55,57,60-61,64-82H2,1-4H3,(H,95,96)(H,97,98)/b13-9-,25-21-,26-22-,27-23-,28-24-,37-33-,38-34-,39-35-,44-41-,45-36-,50-46-,51-47-,56-52-,62-58-,63-59-/t83-,84+,85+/m0/s1. The summed E-state index contributed by atoms with van der Waals surface area (Å²) in [5.41, 5.74) is 0. The zero-order valence-electron chi connectivity index (χ0n) is 66.9. The predicted octanol–water partition coefficient (Wildman–Crippen LogP) is 24.3. The van der Waals surface area contributed by atoms with Gasteiger partial charge in [-0.25, -0.2) is 9.13 Å². The smallest absolute Gasteiger partial charge is 0.462 e. The van der Waals surface area contributed by atoms with Gasteiger partial charge < -0.3 is 33.8 Å². The molecule has 0 amide bonds. The summed E-state index contributed by atoms with van der Waals surface area (Å²) in [5.74, 6) is -2.37. The molecule has 0 fully saturated rings. The van der Waals surface area contributed by atoms with Crippen molar-refractivity contribution in [2.24, 2.45) is 0 Å². The Hall–Kier alpha value is -5.84. The van der Waals surface area contributed by atoms with Crippen molar-refractivity contribution in [3.8, 4) is 0 Å². The second-order valence-electron chi connectivity index (χ2n) is 26.6. The molecule has 0 aromatic rings. The van der Waals surface area contributed by atoms with Crippen LogP contribution in [0.2, 0.25) is 0 Å². The van der Waals surface area contributed by atoms with Crippen LogP contribution in [0.5, 0.6) is 0 Å². The maximum Gasteiger partial charge on any atom is 0.472 e. The van der Waals surface area contributed by atoms with E-state index in [1.807, 2.05) is 24.3 Å². The number of aliphatic hydroxyl groups excluding tert-OH is 1. The number of ether oxygens (including phenoxy) is 4. The van der Waals surface area contributed by atoms with Crippen LogP contribution in [0.3, 0.4) is 0 Å². The minimum Gasteiger partial charge on any atom is -0.462 e. The highest BCUT2D eigenvalue weighted by Crippen LogP contribution is 2.45. The lowest BCUT2D eigenvalue weighted by Gasteiger charge is -2.21. The third kappa shape index (κ3) is 78.3. The first-order chi connectivity index (χ1) is 52.7. The fraction of sp³-hybridized carbons (Fsp3) is 0.618. The number of esters is 4. The van der Waals surface area contributed by atoms with Gasteiger partial charge in [-0.05, 0) is 180 Å². The van der Waals surface area contributed by atoms with Gasteiger partial charge in [0.2, 0.25) is 0 Å². The quantitative estimate of drug-likeness (QED) is 0.0169. The Labute approximate surface area is 654 Å². The van der Waals surface area contributed by atoms with Gasteiger partial charge in [-0.2, -0.15) is 0 Å². The van der Waals surface area contributed by atoms with Crippen molar-refractivity contribution < 1.29 is 80.2 Å². The zero-order chi connectivity index (χ0) is 78.9. The predicted molar refractivity (Wildman–Crippen MR) is 445 cm³/mol. The van der Waals surface area contributed by atoms with Crippen molar-refractivity contribution in [1.29, 1.82) is 0 Å². The van der Waals surface area contributed by atoms with Crippen LogP contribution in [0.25, 0.3) is 0 Å². The molecule has 0 aromatic heterocycles. The number of phosphoric acid groups is 2. The lowest BCUT2D eigenvalue weighted by molar-refractivity contribution is -0.161. The van der Waals surface area contributed by atoms with Crippen LogP contribution < -0.4 is 0 Å². The molecule has 0 radical (unpaired) electrons. The normalized spacial score (nSPS) is 14.8. The first-order valence-corrected chi connectivity index (χ1v) is 44.0. The zero-order valence-corrected chi connectivity index (χ0v) is 68.7. The van der Waals surface area contributed by atoms with E-state index in [4.69, 9.17) is 37.0 Å². The highest BCUT2D eigenvalue weighted by molar-refractivity contribution is 7.47. The molecule has 17 nitrogen and oxygen atoms in total. The first-order valence-electron chi connectivity index (χ1n) is 41.0. The molecule has 108 heavy (non-hydrogen) atoms. The number of rotatable bonds is 75. The molecular weight excluding hydrogens is 1400 g/mol. The summed E-state index contributed by atoms with van der Waals surface area (Å²) in [7, 11) is -10.0. The highest BCUT2D eigenvalue weighted by atomic mass is 31.2. The molecule has 0 aliphatic carbocycles. The Bertz CT molecular complexity index is 2760. The van der Waals surface area contributed by atoms with E-state index >= 15 is 0 Å². The largest absolute Gasteiger partial charge is 0.472 e. The first kappa shape index (κ1) is 102. The van der Waals surface area contributed by atoms with Crippen molar-refractivity contribution in [2.75, 3.05) is 39.6 Å². The second kappa shape index (κ2) is 79.3. The van der Waals surface area contributed by atoms with Crippen molar-refractivity contribution >= 4 is 39.5 Å². The van der Waals surface area contributed by atoms with E-state index in [-0.39, 0.29) is 25.7 Å². The van der Waals surface area contributed by atoms with Crippen LogP contribution in [0.15, 0.2) is 182 Å². The Morgan fingerprint density at radius 3 is 0.796 bits per heavy atom. The third-order valence-corrected chi connectivity index (χ3v) is 18.2. The molecule has 0 spiro atoms. The van der Waals surface area contributed by atoms with E-state index in [9.17, 15) is 43.2 Å². The van der Waals surface area contributed by atoms with E-state index in [1.54, 1.807) is 0 Å². The Balaban J connectivity index is 5.54. The van der Waals surface area contributed by atoms with Gasteiger partial charge in [-0.1, -0.05) is 274 Å². The Kier molecular flexibility index (Phi) is 75.0. The van der Waals surface area contributed by atoms with E-state index in [0.717, 1.165) is 148 Å². The van der Waals surface area contributed by atoms with E-state index in [0.29, 0.717) is 38.5 Å². The summed E-state index contributed by atoms with van der Waals surface area (Å²) in [6, 6.07) is 0. The van der Waals surface area contributed by atoms with Gasteiger partial charge in [0.05, 0.1) is 26.4 Å². The lowest BCUT2D eigenvalue weighted by Crippen LogP contribution is -2.30. The van der Waals surface area contributed by atoms with Crippen LogP contribution >= 0.6 is 15.6 Å². The molecule has 612 valence electrons. The molecule has 0 aromatic carbocycles. The summed E-state index contributed by atoms with van der Waals surface area (Å²) < 4.78 is 68.5. The molecule has 5 atom stereocenters. The van der Waals surface area contributed by atoms with Gasteiger partial charge in [-0.15, -0.1) is 0 Å². The third-order valence-electron chi connectivity index (χ3n) is 16.3. The molecular formula is C89H144O17P2. The average molecular weight is 1550 g/mol. The molecule has 3 N–H and O–H groups in total. The fourth-order valence-electron chi connectivity index (χ4n) is 10.1. The van der Waals surface area contributed by atoms with Crippen LogP contribution in [-0.2, 0) is 65.4 Å². The van der Waals surface area contributed by atoms with Crippen molar-refractivity contribution in [2.45, 2.75) is 316 Å². The van der Waals surface area contributed by atoms with Gasteiger partial charge in [0, 0.05) is 25.7 Å². The minimum absolute atomic E-state index is 0.000185. The van der Waals surface area contributed by atoms with Crippen LogP contribution in [0.1, 0.15) is 297 Å². The van der Waals surface area contributed by atoms with E-state index in [2.05, 4.69) is 186 Å². The molecule has 0 rings (SSSR count). The number of unbranched alkanes of at least 4 members (excludes halogenated alkanes) is 19. The molecule has 0 saturated carbocycles. The van der Waals surface area contributed by atoms with Crippen molar-refractivity contribution in [3.63, 3.8) is 0 Å². The van der Waals surface area contributed by atoms with Gasteiger partial charge in [0.25, 0.3) is 0 Å². The number of hydrogen-bond donors (Lipinski definition) is 3.